The van der Waals surface area contributed by atoms with Crippen molar-refractivity contribution in [1.29, 1.82) is 0 Å². The first kappa shape index (κ1) is 22.8. The Kier molecular flexibility index (Phi) is 6.11. The largest absolute Gasteiger partial charge is 0.497 e. The van der Waals surface area contributed by atoms with Crippen molar-refractivity contribution in [2.24, 2.45) is 0 Å². The van der Waals surface area contributed by atoms with Gasteiger partial charge in [0.1, 0.15) is 28.5 Å². The molecular formula is C27H27N3O5. The van der Waals surface area contributed by atoms with Crippen LogP contribution >= 0.6 is 0 Å². The van der Waals surface area contributed by atoms with Crippen LogP contribution in [0, 0.1) is 0 Å². The van der Waals surface area contributed by atoms with Crippen LogP contribution in [0.5, 0.6) is 11.5 Å². The summed E-state index contributed by atoms with van der Waals surface area (Å²) in [5.74, 6) is 1.92. The van der Waals surface area contributed by atoms with Crippen molar-refractivity contribution < 1.29 is 23.8 Å². The number of rotatable bonds is 5. The van der Waals surface area contributed by atoms with Gasteiger partial charge in [0.2, 0.25) is 0 Å². The zero-order valence-corrected chi connectivity index (χ0v) is 19.8. The van der Waals surface area contributed by atoms with Crippen molar-refractivity contribution in [3.05, 3.63) is 65.9 Å². The van der Waals surface area contributed by atoms with Gasteiger partial charge in [0, 0.05) is 37.7 Å². The lowest BCUT2D eigenvalue weighted by molar-refractivity contribution is 0.0230. The molecule has 3 aromatic rings. The summed E-state index contributed by atoms with van der Waals surface area (Å²) >= 11 is 0. The van der Waals surface area contributed by atoms with Gasteiger partial charge in [-0.2, -0.15) is 0 Å². The predicted molar refractivity (Wildman–Crippen MR) is 130 cm³/mol. The van der Waals surface area contributed by atoms with Gasteiger partial charge in [0.25, 0.3) is 0 Å². The van der Waals surface area contributed by atoms with E-state index in [2.05, 4.69) is 9.88 Å². The number of esters is 1. The van der Waals surface area contributed by atoms with Crippen LogP contribution < -0.4 is 14.4 Å². The minimum atomic E-state index is -0.575. The molecule has 2 aliphatic heterocycles. The van der Waals surface area contributed by atoms with Gasteiger partial charge in [0.05, 0.1) is 25.7 Å². The lowest BCUT2D eigenvalue weighted by Gasteiger charge is -2.44. The Balaban J connectivity index is 1.41. The highest BCUT2D eigenvalue weighted by molar-refractivity contribution is 6.01. The molecule has 1 fully saturated rings. The second-order valence-electron chi connectivity index (χ2n) is 8.75. The maximum Gasteiger partial charge on any atom is 0.343 e. The topological polar surface area (TPSA) is 90.9 Å². The molecule has 180 valence electrons. The Bertz CT molecular complexity index is 1250. The number of ether oxygens (including phenoxy) is 3. The van der Waals surface area contributed by atoms with Gasteiger partial charge >= 0.3 is 5.97 Å². The van der Waals surface area contributed by atoms with Crippen LogP contribution in [-0.2, 0) is 4.74 Å². The number of hydrogen-bond acceptors (Lipinski definition) is 8. The Morgan fingerprint density at radius 3 is 2.63 bits per heavy atom. The predicted octanol–water partition coefficient (Wildman–Crippen LogP) is 4.33. The number of benzene rings is 2. The summed E-state index contributed by atoms with van der Waals surface area (Å²) in [6, 6.07) is 15.0. The molecule has 35 heavy (non-hydrogen) atoms. The lowest BCUT2D eigenvalue weighted by atomic mass is 9.82. The van der Waals surface area contributed by atoms with Crippen LogP contribution in [0.25, 0.3) is 11.4 Å². The molecule has 0 amide bonds. The van der Waals surface area contributed by atoms with E-state index in [4.69, 9.17) is 19.2 Å². The summed E-state index contributed by atoms with van der Waals surface area (Å²) in [5.41, 5.74) is 1.19. The normalized spacial score (nSPS) is 16.4. The Hall–Kier alpha value is -3.94. The molecule has 1 saturated heterocycles. The van der Waals surface area contributed by atoms with Crippen LogP contribution in [0.4, 0.5) is 5.82 Å². The molecule has 0 N–H and O–H groups in total. The third kappa shape index (κ3) is 4.43. The van der Waals surface area contributed by atoms with Crippen LogP contribution in [0.15, 0.2) is 54.7 Å². The highest BCUT2D eigenvalue weighted by Crippen LogP contribution is 2.41. The van der Waals surface area contributed by atoms with E-state index in [0.717, 1.165) is 5.56 Å². The molecule has 1 spiro atoms. The molecule has 1 aromatic heterocycles. The Labute approximate surface area is 203 Å². The summed E-state index contributed by atoms with van der Waals surface area (Å²) in [7, 11) is 1.58. The quantitative estimate of drug-likeness (QED) is 0.506. The summed E-state index contributed by atoms with van der Waals surface area (Å²) in [5, 5.41) is 0. The minimum Gasteiger partial charge on any atom is -0.497 e. The minimum absolute atomic E-state index is 0.0548. The third-order valence-electron chi connectivity index (χ3n) is 6.57. The number of carbonyl (C=O) groups excluding carboxylic acids is 2. The zero-order valence-electron chi connectivity index (χ0n) is 19.8. The maximum atomic E-state index is 13.0. The highest BCUT2D eigenvalue weighted by Gasteiger charge is 2.43. The second-order valence-corrected chi connectivity index (χ2v) is 8.75. The molecule has 5 rings (SSSR count). The van der Waals surface area contributed by atoms with Gasteiger partial charge in [-0.3, -0.25) is 4.79 Å². The first-order valence-electron chi connectivity index (χ1n) is 11.8. The van der Waals surface area contributed by atoms with E-state index in [0.29, 0.717) is 66.6 Å². The average Bonchev–Trinajstić information content (AvgIpc) is 2.89. The van der Waals surface area contributed by atoms with E-state index in [1.54, 1.807) is 32.2 Å². The second kappa shape index (κ2) is 9.37. The molecule has 2 aromatic carbocycles. The van der Waals surface area contributed by atoms with Crippen molar-refractivity contribution in [1.82, 2.24) is 9.97 Å². The molecule has 2 aliphatic rings. The number of nitrogens with zero attached hydrogens (tertiary/aromatic N) is 3. The number of carbonyl (C=O) groups is 2. The average molecular weight is 474 g/mol. The van der Waals surface area contributed by atoms with E-state index in [1.165, 1.54) is 6.20 Å². The van der Waals surface area contributed by atoms with Crippen LogP contribution in [0.1, 0.15) is 46.9 Å². The molecule has 0 bridgehead atoms. The van der Waals surface area contributed by atoms with Crippen molar-refractivity contribution >= 4 is 17.6 Å². The van der Waals surface area contributed by atoms with E-state index < -0.39 is 11.6 Å². The fourth-order valence-electron chi connectivity index (χ4n) is 4.70. The summed E-state index contributed by atoms with van der Waals surface area (Å²) in [6.07, 6.45) is 3.09. The number of fused-ring (bicyclic) bond motifs is 1. The number of anilines is 1. The number of methoxy groups -OCH3 is 1. The third-order valence-corrected chi connectivity index (χ3v) is 6.57. The number of Topliss-reactive ketones (excluding diaryl/α,β-unsaturated/α-hetero) is 1. The fourth-order valence-corrected chi connectivity index (χ4v) is 4.70. The molecular weight excluding hydrogens is 446 g/mol. The van der Waals surface area contributed by atoms with Crippen molar-refractivity contribution in [3.8, 4) is 22.9 Å². The van der Waals surface area contributed by atoms with Gasteiger partial charge in [-0.25, -0.2) is 14.8 Å². The van der Waals surface area contributed by atoms with E-state index in [1.807, 2.05) is 30.3 Å². The molecule has 0 aliphatic carbocycles. The first-order valence-corrected chi connectivity index (χ1v) is 11.8. The SMILES string of the molecule is CCOC(=O)c1cnc(-c2ccccc2)nc1N1CCC2(CC1)CC(=O)c1cc(OC)ccc1O2. The van der Waals surface area contributed by atoms with Crippen molar-refractivity contribution in [2.75, 3.05) is 31.7 Å². The fraction of sp³-hybridized carbons (Fsp3) is 0.333. The van der Waals surface area contributed by atoms with Crippen LogP contribution in [0.2, 0.25) is 0 Å². The first-order chi connectivity index (χ1) is 17.0. The smallest absolute Gasteiger partial charge is 0.343 e. The van der Waals surface area contributed by atoms with Gasteiger partial charge in [-0.1, -0.05) is 30.3 Å². The molecule has 3 heterocycles. The summed E-state index contributed by atoms with van der Waals surface area (Å²) in [6.45, 7) is 3.20. The van der Waals surface area contributed by atoms with E-state index in [-0.39, 0.29) is 12.4 Å². The summed E-state index contributed by atoms with van der Waals surface area (Å²) < 4.78 is 16.9. The molecule has 0 unspecified atom stereocenters. The molecule has 8 heteroatoms. The number of aromatic nitrogens is 2. The number of piperidine rings is 1. The van der Waals surface area contributed by atoms with Crippen molar-refractivity contribution in [3.63, 3.8) is 0 Å². The standard InChI is InChI=1S/C27H27N3O5/c1-3-34-26(32)21-17-28-24(18-7-5-4-6-8-18)29-25(21)30-13-11-27(12-14-30)16-22(31)20-15-19(33-2)9-10-23(20)35-27/h4-10,15,17H,3,11-14,16H2,1-2H3. The van der Waals surface area contributed by atoms with Crippen LogP contribution in [0.3, 0.4) is 0 Å². The van der Waals surface area contributed by atoms with E-state index >= 15 is 0 Å². The van der Waals surface area contributed by atoms with Gasteiger partial charge < -0.3 is 19.1 Å². The molecule has 0 atom stereocenters. The maximum absolute atomic E-state index is 13.0. The van der Waals surface area contributed by atoms with Crippen LogP contribution in [-0.4, -0.2) is 54.1 Å². The van der Waals surface area contributed by atoms with Gasteiger partial charge in [0.15, 0.2) is 11.6 Å². The Morgan fingerprint density at radius 1 is 1.14 bits per heavy atom. The van der Waals surface area contributed by atoms with E-state index in [9.17, 15) is 9.59 Å². The van der Waals surface area contributed by atoms with Gasteiger partial charge in [-0.05, 0) is 25.1 Å². The highest BCUT2D eigenvalue weighted by atomic mass is 16.5. The monoisotopic (exact) mass is 473 g/mol. The molecule has 0 radical (unpaired) electrons. The molecule has 0 saturated carbocycles. The molecule has 8 nitrogen and oxygen atoms in total. The van der Waals surface area contributed by atoms with Crippen molar-refractivity contribution in [2.45, 2.75) is 31.8 Å². The zero-order chi connectivity index (χ0) is 24.4. The summed E-state index contributed by atoms with van der Waals surface area (Å²) in [4.78, 5) is 36.9. The lowest BCUT2D eigenvalue weighted by Crippen LogP contribution is -2.51. The number of hydrogen-bond donors (Lipinski definition) is 0. The number of ketones is 1. The Morgan fingerprint density at radius 2 is 1.91 bits per heavy atom. The van der Waals surface area contributed by atoms with Gasteiger partial charge in [-0.15, -0.1) is 0 Å².